The van der Waals surface area contributed by atoms with Gasteiger partial charge >= 0.3 is 0 Å². The Morgan fingerprint density at radius 3 is 2.44 bits per heavy atom. The van der Waals surface area contributed by atoms with Crippen molar-refractivity contribution in [2.45, 2.75) is 64.8 Å². The van der Waals surface area contributed by atoms with Gasteiger partial charge in [-0.3, -0.25) is 4.79 Å². The fourth-order valence-electron chi connectivity index (χ4n) is 5.97. The lowest BCUT2D eigenvalue weighted by Gasteiger charge is -2.15. The van der Waals surface area contributed by atoms with Crippen molar-refractivity contribution in [2.75, 3.05) is 0 Å². The summed E-state index contributed by atoms with van der Waals surface area (Å²) in [4.78, 5) is 18.1. The minimum absolute atomic E-state index is 0.228. The highest BCUT2D eigenvalue weighted by atomic mass is 16.1. The minimum Gasteiger partial charge on any atom is -0.321 e. The maximum atomic E-state index is 13.4. The highest BCUT2D eigenvalue weighted by Crippen LogP contribution is 2.34. The molecule has 0 atom stereocenters. The van der Waals surface area contributed by atoms with Gasteiger partial charge < -0.3 is 4.57 Å². The smallest absolute Gasteiger partial charge is 0.205 e. The summed E-state index contributed by atoms with van der Waals surface area (Å²) < 4.78 is 2.16. The number of carbonyl (C=O) groups excluding carboxylic acids is 1. The molecule has 0 unspecified atom stereocenters. The topological polar surface area (TPSA) is 89.4 Å². The van der Waals surface area contributed by atoms with E-state index in [0.717, 1.165) is 64.2 Å². The lowest BCUT2D eigenvalue weighted by atomic mass is 9.93. The molecule has 7 heteroatoms. The average molecular weight is 545 g/mol. The summed E-state index contributed by atoms with van der Waals surface area (Å²) in [7, 11) is 0. The molecule has 2 aromatic heterocycles. The van der Waals surface area contributed by atoms with Crippen LogP contribution in [0.25, 0.3) is 33.6 Å². The first kappa shape index (κ1) is 26.8. The molecule has 0 radical (unpaired) electrons. The molecule has 5 aromatic rings. The molecule has 0 saturated heterocycles. The van der Waals surface area contributed by atoms with Crippen LogP contribution in [-0.2, 0) is 13.0 Å². The van der Waals surface area contributed by atoms with Crippen molar-refractivity contribution >= 4 is 5.78 Å². The van der Waals surface area contributed by atoms with E-state index in [0.29, 0.717) is 24.7 Å². The second kappa shape index (κ2) is 12.4. The number of aromatic nitrogens is 6. The van der Waals surface area contributed by atoms with E-state index in [4.69, 9.17) is 4.98 Å². The van der Waals surface area contributed by atoms with Crippen LogP contribution in [0.1, 0.15) is 73.7 Å². The maximum absolute atomic E-state index is 13.4. The predicted molar refractivity (Wildman–Crippen MR) is 161 cm³/mol. The Labute approximate surface area is 241 Å². The number of rotatable bonds is 11. The first-order chi connectivity index (χ1) is 20.2. The number of imidazole rings is 1. The SMILES string of the molecule is CCCCc1ncc(C(=O)CC2CCCC2)n1Cc1ccc(-c2cc(-c3ccccc3)ccc2-c2nn[nH]n2)cc1. The number of Topliss-reactive ketones (excluding diaryl/α,β-unsaturated/α-hetero) is 1. The number of tetrazole rings is 1. The summed E-state index contributed by atoms with van der Waals surface area (Å²) in [6.07, 6.45) is 10.3. The zero-order valence-electron chi connectivity index (χ0n) is 23.6. The van der Waals surface area contributed by atoms with Crippen molar-refractivity contribution < 1.29 is 4.79 Å². The number of nitrogens with one attached hydrogen (secondary N) is 1. The summed E-state index contributed by atoms with van der Waals surface area (Å²) in [6.45, 7) is 2.82. The third-order valence-corrected chi connectivity index (χ3v) is 8.25. The number of aryl methyl sites for hydroxylation is 1. The zero-order valence-corrected chi connectivity index (χ0v) is 23.6. The van der Waals surface area contributed by atoms with Crippen LogP contribution in [0, 0.1) is 5.92 Å². The number of hydrogen-bond donors (Lipinski definition) is 1. The van der Waals surface area contributed by atoms with E-state index >= 15 is 0 Å². The number of ketones is 1. The molecule has 6 rings (SSSR count). The van der Waals surface area contributed by atoms with Gasteiger partial charge in [0.15, 0.2) is 5.78 Å². The molecular formula is C34H36N6O. The van der Waals surface area contributed by atoms with E-state index in [9.17, 15) is 4.79 Å². The molecule has 3 aromatic carbocycles. The molecule has 0 aliphatic heterocycles. The number of nitrogens with zero attached hydrogens (tertiary/aromatic N) is 5. The van der Waals surface area contributed by atoms with E-state index in [2.05, 4.69) is 98.8 Å². The van der Waals surface area contributed by atoms with Crippen molar-refractivity contribution in [2.24, 2.45) is 5.92 Å². The van der Waals surface area contributed by atoms with Gasteiger partial charge in [-0.05, 0) is 57.5 Å². The van der Waals surface area contributed by atoms with Crippen molar-refractivity contribution in [1.29, 1.82) is 0 Å². The maximum Gasteiger partial charge on any atom is 0.205 e. The number of H-pyrrole nitrogens is 1. The highest BCUT2D eigenvalue weighted by molar-refractivity contribution is 5.94. The second-order valence-corrected chi connectivity index (χ2v) is 11.1. The Balaban J connectivity index is 1.30. The molecular weight excluding hydrogens is 508 g/mol. The van der Waals surface area contributed by atoms with Gasteiger partial charge in [-0.15, -0.1) is 10.2 Å². The molecule has 0 spiro atoms. The van der Waals surface area contributed by atoms with Crippen LogP contribution in [0.15, 0.2) is 79.0 Å². The normalized spacial score (nSPS) is 13.6. The molecule has 1 saturated carbocycles. The average Bonchev–Trinajstić information content (AvgIpc) is 3.80. The Kier molecular flexibility index (Phi) is 8.12. The van der Waals surface area contributed by atoms with Gasteiger partial charge in [0.2, 0.25) is 5.82 Å². The third-order valence-electron chi connectivity index (χ3n) is 8.25. The quantitative estimate of drug-likeness (QED) is 0.173. The summed E-state index contributed by atoms with van der Waals surface area (Å²) in [5, 5.41) is 14.9. The Bertz CT molecular complexity index is 1580. The molecule has 7 nitrogen and oxygen atoms in total. The van der Waals surface area contributed by atoms with Gasteiger partial charge in [-0.1, -0.05) is 99.7 Å². The standard InChI is InChI=1S/C34H36N6O/c1-2-3-13-33-35-22-31(32(41)20-24-9-7-8-10-24)40(33)23-25-14-16-27(17-15-25)30-21-28(26-11-5-4-6-12-26)18-19-29(30)34-36-38-39-37-34/h4-6,11-12,14-19,21-22,24H,2-3,7-10,13,20,23H2,1H3,(H,36,37,38,39). The van der Waals surface area contributed by atoms with Crippen LogP contribution in [0.5, 0.6) is 0 Å². The van der Waals surface area contributed by atoms with Crippen molar-refractivity contribution in [3.8, 4) is 33.6 Å². The Morgan fingerprint density at radius 2 is 1.71 bits per heavy atom. The largest absolute Gasteiger partial charge is 0.321 e. The molecule has 1 aliphatic carbocycles. The van der Waals surface area contributed by atoms with Gasteiger partial charge in [0, 0.05) is 24.9 Å². The van der Waals surface area contributed by atoms with Crippen LogP contribution in [0.2, 0.25) is 0 Å². The summed E-state index contributed by atoms with van der Waals surface area (Å²) in [6, 6.07) is 25.3. The summed E-state index contributed by atoms with van der Waals surface area (Å²) in [5.74, 6) is 2.31. The van der Waals surface area contributed by atoms with Crippen LogP contribution in [0.3, 0.4) is 0 Å². The first-order valence-electron chi connectivity index (χ1n) is 14.8. The van der Waals surface area contributed by atoms with E-state index in [1.165, 1.54) is 25.7 Å². The van der Waals surface area contributed by atoms with E-state index in [1.54, 1.807) is 0 Å². The third kappa shape index (κ3) is 6.04. The number of carbonyl (C=O) groups is 1. The minimum atomic E-state index is 0.228. The van der Waals surface area contributed by atoms with Crippen molar-refractivity contribution in [3.63, 3.8) is 0 Å². The van der Waals surface area contributed by atoms with Crippen LogP contribution >= 0.6 is 0 Å². The molecule has 2 heterocycles. The number of aromatic amines is 1. The lowest BCUT2D eigenvalue weighted by Crippen LogP contribution is -2.15. The lowest BCUT2D eigenvalue weighted by molar-refractivity contribution is 0.0953. The fourth-order valence-corrected chi connectivity index (χ4v) is 5.97. The molecule has 208 valence electrons. The van der Waals surface area contributed by atoms with Crippen LogP contribution < -0.4 is 0 Å². The zero-order chi connectivity index (χ0) is 28.0. The van der Waals surface area contributed by atoms with Gasteiger partial charge in [0.1, 0.15) is 11.5 Å². The van der Waals surface area contributed by atoms with E-state index in [-0.39, 0.29) is 5.78 Å². The van der Waals surface area contributed by atoms with E-state index in [1.807, 2.05) is 12.3 Å². The van der Waals surface area contributed by atoms with Gasteiger partial charge in [0.25, 0.3) is 0 Å². The molecule has 1 fully saturated rings. The summed E-state index contributed by atoms with van der Waals surface area (Å²) in [5.41, 5.74) is 7.20. The molecule has 41 heavy (non-hydrogen) atoms. The first-order valence-corrected chi connectivity index (χ1v) is 14.8. The molecule has 0 amide bonds. The van der Waals surface area contributed by atoms with Crippen LogP contribution in [-0.4, -0.2) is 36.0 Å². The van der Waals surface area contributed by atoms with Crippen LogP contribution in [0.4, 0.5) is 0 Å². The van der Waals surface area contributed by atoms with E-state index < -0.39 is 0 Å². The molecule has 1 aliphatic rings. The molecule has 0 bridgehead atoms. The Hall–Kier alpha value is -4.39. The summed E-state index contributed by atoms with van der Waals surface area (Å²) >= 11 is 0. The Morgan fingerprint density at radius 1 is 0.927 bits per heavy atom. The highest BCUT2D eigenvalue weighted by Gasteiger charge is 2.23. The number of unbranched alkanes of at least 4 members (excludes halogenated alkanes) is 1. The molecule has 1 N–H and O–H groups in total. The van der Waals surface area contributed by atoms with Gasteiger partial charge in [-0.25, -0.2) is 4.98 Å². The monoisotopic (exact) mass is 544 g/mol. The fraction of sp³-hybridized carbons (Fsp3) is 0.324. The van der Waals surface area contributed by atoms with Gasteiger partial charge in [0.05, 0.1) is 6.20 Å². The second-order valence-electron chi connectivity index (χ2n) is 11.1. The van der Waals surface area contributed by atoms with Gasteiger partial charge in [-0.2, -0.15) is 5.21 Å². The number of hydrogen-bond acceptors (Lipinski definition) is 5. The van der Waals surface area contributed by atoms with Crippen molar-refractivity contribution in [1.82, 2.24) is 30.2 Å². The van der Waals surface area contributed by atoms with Crippen molar-refractivity contribution in [3.05, 3.63) is 96.1 Å². The number of benzene rings is 3. The predicted octanol–water partition coefficient (Wildman–Crippen LogP) is 7.55.